The van der Waals surface area contributed by atoms with Crippen LogP contribution in [0.15, 0.2) is 54.9 Å². The Hall–Kier alpha value is -2.93. The zero-order valence-electron chi connectivity index (χ0n) is 12.2. The van der Waals surface area contributed by atoms with Crippen LogP contribution in [0.2, 0.25) is 0 Å². The third-order valence-electron chi connectivity index (χ3n) is 3.13. The standard InChI is InChI=1S/C16H13N3O3S/c1-22-16(21)13-7-8-14(23-13)18-15(20)11-5-2-3-6-12(11)19-10-4-9-17-19/h2-10H,1H3,(H,18,20). The van der Waals surface area contributed by atoms with Crippen molar-refractivity contribution in [2.45, 2.75) is 0 Å². The number of amides is 1. The predicted octanol–water partition coefficient (Wildman–Crippen LogP) is 2.97. The number of nitrogens with one attached hydrogen (secondary N) is 1. The van der Waals surface area contributed by atoms with E-state index in [2.05, 4.69) is 15.2 Å². The van der Waals surface area contributed by atoms with Crippen molar-refractivity contribution in [1.29, 1.82) is 0 Å². The highest BCUT2D eigenvalue weighted by Gasteiger charge is 2.15. The van der Waals surface area contributed by atoms with Crippen molar-refractivity contribution >= 4 is 28.2 Å². The molecule has 7 heteroatoms. The van der Waals surface area contributed by atoms with Gasteiger partial charge in [0.15, 0.2) is 0 Å². The lowest BCUT2D eigenvalue weighted by Gasteiger charge is -2.09. The molecule has 0 spiro atoms. The lowest BCUT2D eigenvalue weighted by atomic mass is 10.1. The van der Waals surface area contributed by atoms with Gasteiger partial charge in [0.1, 0.15) is 4.88 Å². The van der Waals surface area contributed by atoms with Gasteiger partial charge < -0.3 is 10.1 Å². The van der Waals surface area contributed by atoms with E-state index < -0.39 is 5.97 Å². The number of rotatable bonds is 4. The summed E-state index contributed by atoms with van der Waals surface area (Å²) in [6.07, 6.45) is 3.42. The summed E-state index contributed by atoms with van der Waals surface area (Å²) >= 11 is 1.16. The molecule has 2 heterocycles. The van der Waals surface area contributed by atoms with Gasteiger partial charge in [-0.15, -0.1) is 11.3 Å². The Balaban J connectivity index is 1.84. The number of carbonyl (C=O) groups is 2. The highest BCUT2D eigenvalue weighted by molar-refractivity contribution is 7.18. The van der Waals surface area contributed by atoms with Crippen molar-refractivity contribution in [3.05, 3.63) is 65.3 Å². The summed E-state index contributed by atoms with van der Waals surface area (Å²) in [4.78, 5) is 24.4. The van der Waals surface area contributed by atoms with E-state index >= 15 is 0 Å². The summed E-state index contributed by atoms with van der Waals surface area (Å²) in [5.74, 6) is -0.693. The largest absolute Gasteiger partial charge is 0.465 e. The van der Waals surface area contributed by atoms with E-state index in [4.69, 9.17) is 0 Å². The van der Waals surface area contributed by atoms with Crippen LogP contribution in [0.3, 0.4) is 0 Å². The van der Waals surface area contributed by atoms with Crippen molar-refractivity contribution in [2.75, 3.05) is 12.4 Å². The van der Waals surface area contributed by atoms with Crippen molar-refractivity contribution < 1.29 is 14.3 Å². The van der Waals surface area contributed by atoms with Crippen molar-refractivity contribution in [2.24, 2.45) is 0 Å². The van der Waals surface area contributed by atoms with Crippen LogP contribution in [0, 0.1) is 0 Å². The molecule has 2 aromatic heterocycles. The molecule has 0 radical (unpaired) electrons. The molecular formula is C16H13N3O3S. The normalized spacial score (nSPS) is 10.3. The topological polar surface area (TPSA) is 73.2 Å². The fraction of sp³-hybridized carbons (Fsp3) is 0.0625. The second-order valence-corrected chi connectivity index (χ2v) is 5.66. The number of para-hydroxylation sites is 1. The maximum Gasteiger partial charge on any atom is 0.348 e. The minimum absolute atomic E-state index is 0.269. The number of aromatic nitrogens is 2. The van der Waals surface area contributed by atoms with E-state index in [0.717, 1.165) is 11.3 Å². The van der Waals surface area contributed by atoms with Gasteiger partial charge in [0.2, 0.25) is 0 Å². The first-order valence-electron chi connectivity index (χ1n) is 6.77. The quantitative estimate of drug-likeness (QED) is 0.748. The van der Waals surface area contributed by atoms with Gasteiger partial charge in [-0.1, -0.05) is 12.1 Å². The Labute approximate surface area is 136 Å². The summed E-state index contributed by atoms with van der Waals surface area (Å²) in [5.41, 5.74) is 1.17. The molecule has 1 aromatic carbocycles. The fourth-order valence-electron chi connectivity index (χ4n) is 2.07. The van der Waals surface area contributed by atoms with E-state index in [-0.39, 0.29) is 5.91 Å². The molecule has 23 heavy (non-hydrogen) atoms. The number of ether oxygens (including phenoxy) is 1. The minimum Gasteiger partial charge on any atom is -0.465 e. The average Bonchev–Trinajstić information content (AvgIpc) is 3.26. The smallest absolute Gasteiger partial charge is 0.348 e. The fourth-order valence-corrected chi connectivity index (χ4v) is 2.89. The molecule has 6 nitrogen and oxygen atoms in total. The molecule has 0 saturated heterocycles. The number of esters is 1. The number of anilines is 1. The van der Waals surface area contributed by atoms with Gasteiger partial charge in [0.05, 0.1) is 23.4 Å². The Morgan fingerprint density at radius 3 is 2.74 bits per heavy atom. The van der Waals surface area contributed by atoms with Crippen LogP contribution in [0.25, 0.3) is 5.69 Å². The lowest BCUT2D eigenvalue weighted by molar-refractivity contribution is 0.0606. The zero-order chi connectivity index (χ0) is 16.2. The number of hydrogen-bond acceptors (Lipinski definition) is 5. The Kier molecular flexibility index (Phi) is 4.20. The summed E-state index contributed by atoms with van der Waals surface area (Å²) in [7, 11) is 1.32. The minimum atomic E-state index is -0.424. The summed E-state index contributed by atoms with van der Waals surface area (Å²) in [5, 5.41) is 7.52. The van der Waals surface area contributed by atoms with Crippen LogP contribution in [0.4, 0.5) is 5.00 Å². The van der Waals surface area contributed by atoms with Crippen LogP contribution in [0.1, 0.15) is 20.0 Å². The first-order chi connectivity index (χ1) is 11.2. The van der Waals surface area contributed by atoms with Crippen LogP contribution < -0.4 is 5.32 Å². The molecule has 0 aliphatic rings. The van der Waals surface area contributed by atoms with Crippen LogP contribution in [0.5, 0.6) is 0 Å². The number of methoxy groups -OCH3 is 1. The molecule has 0 aliphatic carbocycles. The van der Waals surface area contributed by atoms with Crippen molar-refractivity contribution in [3.8, 4) is 5.69 Å². The Bertz CT molecular complexity index is 840. The summed E-state index contributed by atoms with van der Waals surface area (Å²) in [6.45, 7) is 0. The molecular weight excluding hydrogens is 314 g/mol. The highest BCUT2D eigenvalue weighted by atomic mass is 32.1. The number of thiophene rings is 1. The molecule has 116 valence electrons. The predicted molar refractivity (Wildman–Crippen MR) is 87.2 cm³/mol. The molecule has 0 atom stereocenters. The molecule has 0 aliphatic heterocycles. The maximum atomic E-state index is 12.5. The molecule has 0 unspecified atom stereocenters. The summed E-state index contributed by atoms with van der Waals surface area (Å²) < 4.78 is 6.28. The number of hydrogen-bond donors (Lipinski definition) is 1. The van der Waals surface area contributed by atoms with Gasteiger partial charge in [-0.25, -0.2) is 9.48 Å². The third-order valence-corrected chi connectivity index (χ3v) is 4.11. The average molecular weight is 327 g/mol. The maximum absolute atomic E-state index is 12.5. The van der Waals surface area contributed by atoms with Crippen LogP contribution >= 0.6 is 11.3 Å². The van der Waals surface area contributed by atoms with Gasteiger partial charge in [-0.2, -0.15) is 5.10 Å². The van der Waals surface area contributed by atoms with Gasteiger partial charge in [0, 0.05) is 12.4 Å². The molecule has 0 saturated carbocycles. The second kappa shape index (κ2) is 6.45. The number of nitrogens with zero attached hydrogens (tertiary/aromatic N) is 2. The molecule has 3 aromatic rings. The SMILES string of the molecule is COC(=O)c1ccc(NC(=O)c2ccccc2-n2cccn2)s1. The number of carbonyl (C=O) groups excluding carboxylic acids is 2. The third kappa shape index (κ3) is 3.14. The van der Waals surface area contributed by atoms with Gasteiger partial charge >= 0.3 is 5.97 Å². The van der Waals surface area contributed by atoms with E-state index in [1.807, 2.05) is 12.1 Å². The monoisotopic (exact) mass is 327 g/mol. The molecule has 1 amide bonds. The molecule has 0 bridgehead atoms. The number of benzene rings is 1. The van der Waals surface area contributed by atoms with Gasteiger partial charge in [-0.3, -0.25) is 4.79 Å². The first kappa shape index (κ1) is 15.0. The summed E-state index contributed by atoms with van der Waals surface area (Å²) in [6, 6.07) is 12.2. The highest BCUT2D eigenvalue weighted by Crippen LogP contribution is 2.24. The van der Waals surface area contributed by atoms with Gasteiger partial charge in [0.25, 0.3) is 5.91 Å². The first-order valence-corrected chi connectivity index (χ1v) is 7.59. The van der Waals surface area contributed by atoms with Crippen LogP contribution in [-0.2, 0) is 4.74 Å². The Morgan fingerprint density at radius 1 is 1.17 bits per heavy atom. The van der Waals surface area contributed by atoms with Crippen molar-refractivity contribution in [1.82, 2.24) is 9.78 Å². The van der Waals surface area contributed by atoms with Gasteiger partial charge in [-0.05, 0) is 30.3 Å². The van der Waals surface area contributed by atoms with E-state index in [1.165, 1.54) is 7.11 Å². The second-order valence-electron chi connectivity index (χ2n) is 4.58. The van der Waals surface area contributed by atoms with E-state index in [9.17, 15) is 9.59 Å². The molecule has 0 fully saturated rings. The van der Waals surface area contributed by atoms with Crippen LogP contribution in [-0.4, -0.2) is 28.8 Å². The zero-order valence-corrected chi connectivity index (χ0v) is 13.0. The molecule has 3 rings (SSSR count). The lowest BCUT2D eigenvalue weighted by Crippen LogP contribution is -2.14. The van der Waals surface area contributed by atoms with E-state index in [1.54, 1.807) is 47.4 Å². The van der Waals surface area contributed by atoms with Crippen molar-refractivity contribution in [3.63, 3.8) is 0 Å². The Morgan fingerprint density at radius 2 is 2.00 bits per heavy atom. The van der Waals surface area contributed by atoms with E-state index in [0.29, 0.717) is 21.1 Å². The molecule has 1 N–H and O–H groups in total.